The number of nitrogens with zero attached hydrogens (tertiary/aromatic N) is 4. The van der Waals surface area contributed by atoms with Crippen LogP contribution in [0.25, 0.3) is 20.4 Å². The van der Waals surface area contributed by atoms with Gasteiger partial charge in [-0.3, -0.25) is 9.36 Å². The molecule has 0 aliphatic heterocycles. The summed E-state index contributed by atoms with van der Waals surface area (Å²) >= 11 is 3.65. The highest BCUT2D eigenvalue weighted by molar-refractivity contribution is 7.19. The molecule has 0 N–H and O–H groups in total. The van der Waals surface area contributed by atoms with Crippen molar-refractivity contribution < 1.29 is 0 Å². The van der Waals surface area contributed by atoms with E-state index < -0.39 is 0 Å². The fourth-order valence-electron chi connectivity index (χ4n) is 2.78. The van der Waals surface area contributed by atoms with Crippen LogP contribution in [0.4, 0.5) is 0 Å². The van der Waals surface area contributed by atoms with Crippen LogP contribution in [0.1, 0.15) is 57.0 Å². The predicted molar refractivity (Wildman–Crippen MR) is 119 cm³/mol. The Morgan fingerprint density at radius 3 is 1.96 bits per heavy atom. The molecule has 0 amide bonds. The van der Waals surface area contributed by atoms with Crippen LogP contribution in [0.2, 0.25) is 0 Å². The number of fused-ring (bicyclic) bond motifs is 2. The maximum Gasteiger partial charge on any atom is 0.146 e. The molecule has 0 spiro atoms. The Labute approximate surface area is 169 Å². The number of hydrogen-bond acceptors (Lipinski definition) is 4. The van der Waals surface area contributed by atoms with Gasteiger partial charge in [0.25, 0.3) is 0 Å². The molecule has 0 saturated carbocycles. The molecule has 0 aromatic carbocycles. The first-order valence-corrected chi connectivity index (χ1v) is 10.9. The maximum atomic E-state index is 4.48. The maximum absolute atomic E-state index is 4.48. The Morgan fingerprint density at radius 2 is 1.44 bits per heavy atom. The minimum atomic E-state index is 0.239. The van der Waals surface area contributed by atoms with Gasteiger partial charge in [-0.25, -0.2) is 0 Å². The van der Waals surface area contributed by atoms with Crippen molar-refractivity contribution in [3.63, 3.8) is 0 Å². The molecule has 0 aliphatic carbocycles. The van der Waals surface area contributed by atoms with Crippen LogP contribution in [0, 0.1) is 6.92 Å². The van der Waals surface area contributed by atoms with Gasteiger partial charge < -0.3 is 0 Å². The topological polar surface area (TPSA) is 35.6 Å². The van der Waals surface area contributed by atoms with E-state index in [1.54, 1.807) is 0 Å². The summed E-state index contributed by atoms with van der Waals surface area (Å²) in [5, 5.41) is 11.3. The zero-order valence-corrected chi connectivity index (χ0v) is 19.5. The monoisotopic (exact) mass is 402 g/mol. The van der Waals surface area contributed by atoms with Crippen LogP contribution in [0.3, 0.4) is 0 Å². The first-order chi connectivity index (χ1) is 12.4. The van der Waals surface area contributed by atoms with E-state index in [1.807, 2.05) is 52.3 Å². The smallest absolute Gasteiger partial charge is 0.146 e. The van der Waals surface area contributed by atoms with Gasteiger partial charge in [0.2, 0.25) is 0 Å². The molecular weight excluding hydrogens is 372 g/mol. The predicted octanol–water partition coefficient (Wildman–Crippen LogP) is 6.17. The lowest BCUT2D eigenvalue weighted by molar-refractivity contribution is 0.604. The normalized spacial score (nSPS) is 12.6. The van der Waals surface area contributed by atoms with Crippen LogP contribution in [0.15, 0.2) is 18.3 Å². The lowest BCUT2D eigenvalue weighted by atomic mass is 9.94. The van der Waals surface area contributed by atoms with Crippen LogP contribution < -0.4 is 0 Å². The molecule has 0 atom stereocenters. The quantitative estimate of drug-likeness (QED) is 0.352. The molecule has 4 nitrogen and oxygen atoms in total. The van der Waals surface area contributed by atoms with Gasteiger partial charge in [0.15, 0.2) is 0 Å². The van der Waals surface area contributed by atoms with Gasteiger partial charge in [-0.05, 0) is 29.9 Å². The highest BCUT2D eigenvalue weighted by Crippen LogP contribution is 2.35. The van der Waals surface area contributed by atoms with E-state index in [9.17, 15) is 0 Å². The van der Waals surface area contributed by atoms with Crippen molar-refractivity contribution in [3.8, 4) is 0 Å². The molecule has 4 aromatic rings. The Morgan fingerprint density at radius 1 is 0.852 bits per heavy atom. The van der Waals surface area contributed by atoms with E-state index in [0.717, 1.165) is 4.83 Å². The molecule has 0 unspecified atom stereocenters. The van der Waals surface area contributed by atoms with Crippen molar-refractivity contribution >= 4 is 43.1 Å². The van der Waals surface area contributed by atoms with E-state index in [2.05, 4.69) is 70.8 Å². The number of thiophene rings is 2. The summed E-state index contributed by atoms with van der Waals surface area (Å²) in [6, 6.07) is 4.52. The van der Waals surface area contributed by atoms with Crippen LogP contribution in [-0.2, 0) is 24.9 Å². The second-order valence-corrected chi connectivity index (χ2v) is 11.2. The fraction of sp³-hybridized carbons (Fsp3) is 0.524. The van der Waals surface area contributed by atoms with Gasteiger partial charge in [-0.1, -0.05) is 41.5 Å². The van der Waals surface area contributed by atoms with Gasteiger partial charge >= 0.3 is 0 Å². The molecule has 0 saturated heterocycles. The van der Waals surface area contributed by atoms with Gasteiger partial charge in [-0.2, -0.15) is 10.2 Å². The highest BCUT2D eigenvalue weighted by atomic mass is 32.1. The van der Waals surface area contributed by atoms with E-state index >= 15 is 0 Å². The minimum absolute atomic E-state index is 0.239. The average molecular weight is 403 g/mol. The highest BCUT2D eigenvalue weighted by Gasteiger charge is 2.19. The summed E-state index contributed by atoms with van der Waals surface area (Å²) in [7, 11) is 3.99. The molecule has 4 heterocycles. The minimum Gasteiger partial charge on any atom is -0.271 e. The second-order valence-electron chi connectivity index (χ2n) is 9.18. The third kappa shape index (κ3) is 3.97. The van der Waals surface area contributed by atoms with Crippen molar-refractivity contribution in [1.82, 2.24) is 19.6 Å². The molecule has 146 valence electrons. The standard InChI is InChI=1S/C11H16N2S.C10H14N2S/c1-7-8-6-9(11(2,3)4)14-10(8)12-13(7)5;1-10(2,3)8-5-7-6-11-12(4)9(7)13-8/h6H,1-5H3;5-6H,1-4H3. The summed E-state index contributed by atoms with van der Waals surface area (Å²) in [5.74, 6) is 0. The average Bonchev–Trinajstić information content (AvgIpc) is 3.25. The summed E-state index contributed by atoms with van der Waals surface area (Å²) in [6.07, 6.45) is 1.93. The molecule has 0 aliphatic rings. The van der Waals surface area contributed by atoms with E-state index in [4.69, 9.17) is 0 Å². The van der Waals surface area contributed by atoms with Crippen LogP contribution in [-0.4, -0.2) is 19.6 Å². The van der Waals surface area contributed by atoms with Crippen molar-refractivity contribution in [2.75, 3.05) is 0 Å². The number of aryl methyl sites for hydroxylation is 3. The SMILES string of the molecule is Cc1c2cc(C(C)(C)C)sc2nn1C.Cn1ncc2cc(C(C)(C)C)sc21. The summed E-state index contributed by atoms with van der Waals surface area (Å²) in [4.78, 5) is 5.27. The first-order valence-electron chi connectivity index (χ1n) is 9.23. The van der Waals surface area contributed by atoms with Crippen LogP contribution >= 0.6 is 22.7 Å². The van der Waals surface area contributed by atoms with Gasteiger partial charge in [0.1, 0.15) is 9.66 Å². The molecule has 6 heteroatoms. The summed E-state index contributed by atoms with van der Waals surface area (Å²) in [6.45, 7) is 15.6. The lowest BCUT2D eigenvalue weighted by Gasteiger charge is -2.15. The number of rotatable bonds is 0. The van der Waals surface area contributed by atoms with Crippen molar-refractivity contribution in [3.05, 3.63) is 33.8 Å². The van der Waals surface area contributed by atoms with Gasteiger partial charge in [0.05, 0.1) is 6.20 Å². The molecule has 27 heavy (non-hydrogen) atoms. The van der Waals surface area contributed by atoms with E-state index in [0.29, 0.717) is 0 Å². The van der Waals surface area contributed by atoms with Gasteiger partial charge in [-0.15, -0.1) is 22.7 Å². The zero-order chi connectivity index (χ0) is 20.1. The summed E-state index contributed by atoms with van der Waals surface area (Å²) < 4.78 is 3.89. The molecule has 4 aromatic heterocycles. The number of aromatic nitrogens is 4. The third-order valence-electron chi connectivity index (χ3n) is 4.71. The molecule has 4 rings (SSSR count). The number of hydrogen-bond donors (Lipinski definition) is 0. The van der Waals surface area contributed by atoms with Crippen molar-refractivity contribution in [2.24, 2.45) is 14.1 Å². The largest absolute Gasteiger partial charge is 0.271 e. The molecular formula is C21H30N4S2. The first kappa shape index (κ1) is 20.1. The van der Waals surface area contributed by atoms with E-state index in [1.165, 1.54) is 31.1 Å². The van der Waals surface area contributed by atoms with Gasteiger partial charge in [0, 0.05) is 40.3 Å². The van der Waals surface area contributed by atoms with Crippen LogP contribution in [0.5, 0.6) is 0 Å². The second kappa shape index (κ2) is 6.74. The Kier molecular flexibility index (Phi) is 5.02. The van der Waals surface area contributed by atoms with Crippen molar-refractivity contribution in [2.45, 2.75) is 59.3 Å². The Bertz CT molecular complexity index is 1080. The Balaban J connectivity index is 0.000000156. The molecule has 0 radical (unpaired) electrons. The Hall–Kier alpha value is -1.66. The zero-order valence-electron chi connectivity index (χ0n) is 17.8. The fourth-order valence-corrected chi connectivity index (χ4v) is 5.06. The third-order valence-corrected chi connectivity index (χ3v) is 7.80. The summed E-state index contributed by atoms with van der Waals surface area (Å²) in [5.41, 5.74) is 1.75. The van der Waals surface area contributed by atoms with E-state index in [-0.39, 0.29) is 10.8 Å². The lowest BCUT2D eigenvalue weighted by Crippen LogP contribution is -2.08. The van der Waals surface area contributed by atoms with Crippen molar-refractivity contribution in [1.29, 1.82) is 0 Å². The molecule has 0 fully saturated rings. The molecule has 0 bridgehead atoms.